The van der Waals surface area contributed by atoms with Crippen LogP contribution in [0.5, 0.6) is 0 Å². The van der Waals surface area contributed by atoms with Gasteiger partial charge < -0.3 is 9.80 Å². The topological polar surface area (TPSA) is 6.48 Å². The molecule has 0 bridgehead atoms. The number of unbranched alkanes of at least 4 members (excludes halogenated alkanes) is 1. The molecule has 0 N–H and O–H groups in total. The summed E-state index contributed by atoms with van der Waals surface area (Å²) in [6.45, 7) is 16.1. The lowest BCUT2D eigenvalue weighted by molar-refractivity contribution is 0.590. The molecule has 0 radical (unpaired) electrons. The largest absolute Gasteiger partial charge is 0.309 e. The lowest BCUT2D eigenvalue weighted by atomic mass is 9.81. The molecule has 0 spiro atoms. The second kappa shape index (κ2) is 20.6. The highest BCUT2D eigenvalue weighted by Gasteiger charge is 2.30. The summed E-state index contributed by atoms with van der Waals surface area (Å²) in [5.74, 6) is 0. The highest BCUT2D eigenvalue weighted by atomic mass is 35.5. The lowest BCUT2D eigenvalue weighted by Gasteiger charge is -2.35. The summed E-state index contributed by atoms with van der Waals surface area (Å²) in [4.78, 5) is 4.91. The molecule has 0 saturated heterocycles. The van der Waals surface area contributed by atoms with Crippen molar-refractivity contribution in [3.63, 3.8) is 0 Å². The van der Waals surface area contributed by atoms with Gasteiger partial charge in [0.15, 0.2) is 0 Å². The van der Waals surface area contributed by atoms with Crippen LogP contribution in [0.2, 0.25) is 10.0 Å². The van der Waals surface area contributed by atoms with E-state index in [1.54, 1.807) is 0 Å². The van der Waals surface area contributed by atoms with E-state index in [0.29, 0.717) is 10.0 Å². The molecular formula is C66H62Cl2N2. The SMILES string of the molecule is CCCCc1cc(N(c2cccc(Cl)c2)c2c(-c3ccccc3)cc(C(C)(C)C)cc2-c2ccccc2)cc(N(c2cccc(Cl)c2)c2c(-c3ccccc3)cc(C(C)(C)C)cc2-c2ccccc2)c1. The Labute approximate surface area is 426 Å². The summed E-state index contributed by atoms with van der Waals surface area (Å²) < 4.78 is 0. The Morgan fingerprint density at radius 2 is 0.686 bits per heavy atom. The average molecular weight is 954 g/mol. The predicted molar refractivity (Wildman–Crippen MR) is 304 cm³/mol. The summed E-state index contributed by atoms with van der Waals surface area (Å²) >= 11 is 14.1. The first-order valence-electron chi connectivity index (χ1n) is 24.6. The van der Waals surface area contributed by atoms with Crippen LogP contribution in [0, 0.1) is 0 Å². The molecule has 9 aromatic rings. The molecule has 0 atom stereocenters. The van der Waals surface area contributed by atoms with Crippen LogP contribution in [0.3, 0.4) is 0 Å². The maximum absolute atomic E-state index is 7.07. The van der Waals surface area contributed by atoms with Gasteiger partial charge in [-0.2, -0.15) is 0 Å². The first kappa shape index (κ1) is 48.2. The van der Waals surface area contributed by atoms with Gasteiger partial charge in [-0.05, 0) is 141 Å². The van der Waals surface area contributed by atoms with Crippen LogP contribution in [0.15, 0.2) is 212 Å². The molecule has 0 aliphatic carbocycles. The van der Waals surface area contributed by atoms with Gasteiger partial charge >= 0.3 is 0 Å². The molecule has 9 aromatic carbocycles. The summed E-state index contributed by atoms with van der Waals surface area (Å²) in [5.41, 5.74) is 18.7. The first-order valence-corrected chi connectivity index (χ1v) is 25.4. The molecular weight excluding hydrogens is 892 g/mol. The van der Waals surface area contributed by atoms with Crippen LogP contribution in [-0.2, 0) is 17.3 Å². The van der Waals surface area contributed by atoms with Crippen LogP contribution in [0.4, 0.5) is 34.1 Å². The summed E-state index contributed by atoms with van der Waals surface area (Å²) in [7, 11) is 0. The Hall–Kier alpha value is -6.84. The van der Waals surface area contributed by atoms with Crippen LogP contribution in [0.25, 0.3) is 44.5 Å². The van der Waals surface area contributed by atoms with Crippen LogP contribution in [-0.4, -0.2) is 0 Å². The van der Waals surface area contributed by atoms with Gasteiger partial charge in [0.25, 0.3) is 0 Å². The van der Waals surface area contributed by atoms with Crippen LogP contribution in [0.1, 0.15) is 78.0 Å². The van der Waals surface area contributed by atoms with Crippen LogP contribution >= 0.6 is 23.2 Å². The van der Waals surface area contributed by atoms with E-state index >= 15 is 0 Å². The fraction of sp³-hybridized carbons (Fsp3) is 0.182. The summed E-state index contributed by atoms with van der Waals surface area (Å²) in [6, 6.07) is 76.8. The standard InChI is InChI=1S/C66H62Cl2N2/c1-8-9-24-46-37-57(69(55-35-22-33-53(67)43-55)63-59(47-25-14-10-15-26-47)39-51(65(2,3)4)40-60(63)48-27-16-11-17-28-48)45-58(38-46)70(56-36-23-34-54(68)44-56)64-61(49-29-18-12-19-30-49)41-52(66(5,6)7)42-62(64)50-31-20-13-21-32-50/h10-23,25-45H,8-9,24H2,1-7H3. The van der Waals surface area contributed by atoms with Gasteiger partial charge in [-0.15, -0.1) is 0 Å². The number of anilines is 6. The second-order valence-electron chi connectivity index (χ2n) is 20.4. The average Bonchev–Trinajstić information content (AvgIpc) is 3.36. The van der Waals surface area contributed by atoms with Crippen molar-refractivity contribution in [2.45, 2.75) is 78.6 Å². The van der Waals surface area contributed by atoms with Gasteiger partial charge in [-0.25, -0.2) is 0 Å². The molecule has 70 heavy (non-hydrogen) atoms. The van der Waals surface area contributed by atoms with E-state index in [-0.39, 0.29) is 10.8 Å². The molecule has 4 heteroatoms. The van der Waals surface area contributed by atoms with Crippen molar-refractivity contribution in [1.29, 1.82) is 0 Å². The predicted octanol–water partition coefficient (Wildman–Crippen LogP) is 20.5. The normalized spacial score (nSPS) is 11.7. The molecule has 0 aromatic heterocycles. The van der Waals surface area contributed by atoms with E-state index < -0.39 is 0 Å². The van der Waals surface area contributed by atoms with Crippen molar-refractivity contribution < 1.29 is 0 Å². The zero-order valence-corrected chi connectivity index (χ0v) is 43.0. The highest BCUT2D eigenvalue weighted by Crippen LogP contribution is 2.53. The third kappa shape index (κ3) is 10.5. The smallest absolute Gasteiger partial charge is 0.0618 e. The Morgan fingerprint density at radius 3 is 0.971 bits per heavy atom. The third-order valence-corrected chi connectivity index (χ3v) is 13.6. The van der Waals surface area contributed by atoms with Gasteiger partial charge in [-0.3, -0.25) is 0 Å². The highest BCUT2D eigenvalue weighted by molar-refractivity contribution is 6.31. The zero-order valence-electron chi connectivity index (χ0n) is 41.5. The Kier molecular flexibility index (Phi) is 14.2. The summed E-state index contributed by atoms with van der Waals surface area (Å²) in [5, 5.41) is 1.33. The van der Waals surface area contributed by atoms with Crippen LogP contribution < -0.4 is 9.80 Å². The van der Waals surface area contributed by atoms with E-state index in [2.05, 4.69) is 258 Å². The Morgan fingerprint density at radius 1 is 0.357 bits per heavy atom. The van der Waals surface area contributed by atoms with E-state index in [0.717, 1.165) is 97.9 Å². The number of hydrogen-bond acceptors (Lipinski definition) is 2. The third-order valence-electron chi connectivity index (χ3n) is 13.2. The van der Waals surface area contributed by atoms with Crippen molar-refractivity contribution in [2.24, 2.45) is 0 Å². The van der Waals surface area contributed by atoms with E-state index in [1.807, 2.05) is 12.1 Å². The van der Waals surface area contributed by atoms with Crippen molar-refractivity contribution >= 4 is 57.3 Å². The van der Waals surface area contributed by atoms with Gasteiger partial charge in [0.1, 0.15) is 0 Å². The minimum atomic E-state index is -0.132. The summed E-state index contributed by atoms with van der Waals surface area (Å²) in [6.07, 6.45) is 2.99. The van der Waals surface area contributed by atoms with Crippen molar-refractivity contribution in [3.8, 4) is 44.5 Å². The molecule has 350 valence electrons. The fourth-order valence-electron chi connectivity index (χ4n) is 9.45. The molecule has 0 heterocycles. The minimum Gasteiger partial charge on any atom is -0.309 e. The molecule has 0 amide bonds. The number of rotatable bonds is 13. The van der Waals surface area contributed by atoms with Crippen molar-refractivity contribution in [1.82, 2.24) is 0 Å². The number of halogens is 2. The van der Waals surface area contributed by atoms with Crippen molar-refractivity contribution in [2.75, 3.05) is 9.80 Å². The number of hydrogen-bond donors (Lipinski definition) is 0. The number of aryl methyl sites for hydroxylation is 1. The number of benzene rings is 9. The lowest BCUT2D eigenvalue weighted by Crippen LogP contribution is -2.18. The Balaban J connectivity index is 1.44. The molecule has 9 rings (SSSR count). The van der Waals surface area contributed by atoms with Crippen molar-refractivity contribution in [3.05, 3.63) is 239 Å². The molecule has 0 aliphatic rings. The second-order valence-corrected chi connectivity index (χ2v) is 21.3. The zero-order chi connectivity index (χ0) is 49.0. The molecule has 0 aliphatic heterocycles. The maximum Gasteiger partial charge on any atom is 0.0618 e. The number of nitrogens with zero attached hydrogens (tertiary/aromatic N) is 2. The van der Waals surface area contributed by atoms with Gasteiger partial charge in [0.2, 0.25) is 0 Å². The quantitative estimate of drug-likeness (QED) is 0.114. The molecule has 0 unspecified atom stereocenters. The van der Waals surface area contributed by atoms with Gasteiger partial charge in [0.05, 0.1) is 11.4 Å². The Bertz CT molecular complexity index is 2890. The molecule has 0 saturated carbocycles. The minimum absolute atomic E-state index is 0.132. The maximum atomic E-state index is 7.07. The first-order chi connectivity index (χ1) is 33.8. The molecule has 2 nitrogen and oxygen atoms in total. The van der Waals surface area contributed by atoms with E-state index in [1.165, 1.54) is 16.7 Å². The molecule has 0 fully saturated rings. The van der Waals surface area contributed by atoms with Gasteiger partial charge in [-0.1, -0.05) is 212 Å². The monoisotopic (exact) mass is 952 g/mol. The van der Waals surface area contributed by atoms with E-state index in [9.17, 15) is 0 Å². The fourth-order valence-corrected chi connectivity index (χ4v) is 9.82. The van der Waals surface area contributed by atoms with Gasteiger partial charge in [0, 0.05) is 55.0 Å². The van der Waals surface area contributed by atoms with E-state index in [4.69, 9.17) is 23.2 Å².